The van der Waals surface area contributed by atoms with Crippen LogP contribution in [0.4, 0.5) is 5.82 Å². The molecule has 0 bridgehead atoms. The van der Waals surface area contributed by atoms with Crippen LogP contribution in [0.2, 0.25) is 0 Å². The number of amides is 1. The minimum absolute atomic E-state index is 0.123. The monoisotopic (exact) mass is 302 g/mol. The summed E-state index contributed by atoms with van der Waals surface area (Å²) in [6.45, 7) is 2.27. The van der Waals surface area contributed by atoms with Crippen molar-refractivity contribution in [1.82, 2.24) is 14.7 Å². The second kappa shape index (κ2) is 6.07. The highest BCUT2D eigenvalue weighted by atomic mass is 16.5. The molecule has 3 rings (SSSR count). The van der Waals surface area contributed by atoms with Crippen molar-refractivity contribution in [2.75, 3.05) is 39.1 Å². The molecule has 7 nitrogen and oxygen atoms in total. The van der Waals surface area contributed by atoms with Gasteiger partial charge in [-0.1, -0.05) is 0 Å². The number of methoxy groups -OCH3 is 1. The van der Waals surface area contributed by atoms with E-state index in [9.17, 15) is 4.79 Å². The summed E-state index contributed by atoms with van der Waals surface area (Å²) in [5.41, 5.74) is 7.11. The number of rotatable bonds is 3. The minimum Gasteiger partial charge on any atom is -0.497 e. The fourth-order valence-corrected chi connectivity index (χ4v) is 2.36. The summed E-state index contributed by atoms with van der Waals surface area (Å²) in [7, 11) is 1.61. The van der Waals surface area contributed by atoms with E-state index in [0.717, 1.165) is 11.4 Å². The average molecular weight is 302 g/mol. The maximum Gasteiger partial charge on any atom is 0.274 e. The van der Waals surface area contributed by atoms with E-state index >= 15 is 0 Å². The molecular formula is C15H18N4O3. The van der Waals surface area contributed by atoms with Crippen LogP contribution in [0.5, 0.6) is 5.75 Å². The maximum absolute atomic E-state index is 12.4. The number of nitrogens with two attached hydrogens (primary N) is 1. The topological polar surface area (TPSA) is 82.6 Å². The second-order valence-electron chi connectivity index (χ2n) is 4.97. The first-order valence-corrected chi connectivity index (χ1v) is 7.06. The number of hydrogen-bond acceptors (Lipinski definition) is 5. The van der Waals surface area contributed by atoms with Gasteiger partial charge in [-0.25, -0.2) is 4.68 Å². The molecule has 0 unspecified atom stereocenters. The van der Waals surface area contributed by atoms with Crippen LogP contribution in [0.1, 0.15) is 10.5 Å². The zero-order chi connectivity index (χ0) is 15.5. The van der Waals surface area contributed by atoms with Crippen molar-refractivity contribution in [3.05, 3.63) is 36.0 Å². The van der Waals surface area contributed by atoms with Crippen molar-refractivity contribution < 1.29 is 14.3 Å². The molecule has 1 saturated heterocycles. The zero-order valence-electron chi connectivity index (χ0n) is 12.4. The number of nitrogen functional groups attached to an aromatic ring is 1. The third-order valence-electron chi connectivity index (χ3n) is 3.57. The summed E-state index contributed by atoms with van der Waals surface area (Å²) in [5, 5.41) is 4.33. The molecule has 1 fully saturated rings. The summed E-state index contributed by atoms with van der Waals surface area (Å²) in [4.78, 5) is 14.1. The normalized spacial score (nSPS) is 14.9. The smallest absolute Gasteiger partial charge is 0.274 e. The third-order valence-corrected chi connectivity index (χ3v) is 3.57. The molecule has 1 aliphatic heterocycles. The first-order chi connectivity index (χ1) is 10.7. The highest BCUT2D eigenvalue weighted by Gasteiger charge is 2.22. The van der Waals surface area contributed by atoms with E-state index in [1.165, 1.54) is 0 Å². The number of carbonyl (C=O) groups is 1. The molecule has 2 N–H and O–H groups in total. The number of aromatic nitrogens is 2. The Kier molecular flexibility index (Phi) is 3.97. The van der Waals surface area contributed by atoms with Crippen LogP contribution < -0.4 is 10.5 Å². The van der Waals surface area contributed by atoms with Crippen LogP contribution in [0.15, 0.2) is 30.3 Å². The van der Waals surface area contributed by atoms with Gasteiger partial charge in [0, 0.05) is 19.2 Å². The van der Waals surface area contributed by atoms with Gasteiger partial charge in [-0.3, -0.25) is 4.79 Å². The number of ether oxygens (including phenoxy) is 2. The number of nitrogens with zero attached hydrogens (tertiary/aromatic N) is 3. The van der Waals surface area contributed by atoms with Crippen molar-refractivity contribution in [2.24, 2.45) is 0 Å². The molecule has 7 heteroatoms. The van der Waals surface area contributed by atoms with Crippen molar-refractivity contribution >= 4 is 11.7 Å². The van der Waals surface area contributed by atoms with Crippen LogP contribution in [-0.2, 0) is 4.74 Å². The van der Waals surface area contributed by atoms with E-state index in [2.05, 4.69) is 5.10 Å². The number of anilines is 1. The van der Waals surface area contributed by atoms with Gasteiger partial charge in [-0.2, -0.15) is 5.10 Å². The Morgan fingerprint density at radius 2 is 1.95 bits per heavy atom. The SMILES string of the molecule is COc1ccc(-n2nc(C(=O)N3CCOCC3)cc2N)cc1. The Hall–Kier alpha value is -2.54. The number of carbonyl (C=O) groups excluding carboxylic acids is 1. The molecule has 1 aromatic carbocycles. The molecule has 2 heterocycles. The Bertz CT molecular complexity index is 660. The lowest BCUT2D eigenvalue weighted by atomic mass is 10.3. The second-order valence-corrected chi connectivity index (χ2v) is 4.97. The maximum atomic E-state index is 12.4. The van der Waals surface area contributed by atoms with E-state index in [1.807, 2.05) is 24.3 Å². The lowest BCUT2D eigenvalue weighted by Crippen LogP contribution is -2.40. The first kappa shape index (κ1) is 14.4. The van der Waals surface area contributed by atoms with Crippen LogP contribution >= 0.6 is 0 Å². The van der Waals surface area contributed by atoms with E-state index in [-0.39, 0.29) is 5.91 Å². The lowest BCUT2D eigenvalue weighted by molar-refractivity contribution is 0.0298. The van der Waals surface area contributed by atoms with Gasteiger partial charge in [0.05, 0.1) is 26.0 Å². The van der Waals surface area contributed by atoms with Gasteiger partial charge in [0.2, 0.25) is 0 Å². The number of morpholine rings is 1. The van der Waals surface area contributed by atoms with Gasteiger partial charge in [0.15, 0.2) is 5.69 Å². The molecule has 1 aliphatic rings. The van der Waals surface area contributed by atoms with E-state index < -0.39 is 0 Å². The van der Waals surface area contributed by atoms with E-state index in [4.69, 9.17) is 15.2 Å². The quantitative estimate of drug-likeness (QED) is 0.912. The van der Waals surface area contributed by atoms with Gasteiger partial charge >= 0.3 is 0 Å². The molecule has 0 aliphatic carbocycles. The largest absolute Gasteiger partial charge is 0.497 e. The molecule has 0 atom stereocenters. The Balaban J connectivity index is 1.84. The molecule has 0 saturated carbocycles. The standard InChI is InChI=1S/C15H18N4O3/c1-21-12-4-2-11(3-5-12)19-14(16)10-13(17-19)15(20)18-6-8-22-9-7-18/h2-5,10H,6-9,16H2,1H3. The zero-order valence-corrected chi connectivity index (χ0v) is 12.4. The predicted octanol–water partition coefficient (Wildman–Crippen LogP) is 0.935. The average Bonchev–Trinajstić information content (AvgIpc) is 2.97. The Labute approximate surface area is 128 Å². The predicted molar refractivity (Wildman–Crippen MR) is 81.3 cm³/mol. The van der Waals surface area contributed by atoms with Crippen LogP contribution in [0.25, 0.3) is 5.69 Å². The molecule has 116 valence electrons. The van der Waals surface area contributed by atoms with Crippen molar-refractivity contribution in [2.45, 2.75) is 0 Å². The lowest BCUT2D eigenvalue weighted by Gasteiger charge is -2.25. The summed E-state index contributed by atoms with van der Waals surface area (Å²) in [6.07, 6.45) is 0. The molecule has 0 radical (unpaired) electrons. The number of benzene rings is 1. The van der Waals surface area contributed by atoms with E-state index in [0.29, 0.717) is 37.8 Å². The van der Waals surface area contributed by atoms with Crippen molar-refractivity contribution in [1.29, 1.82) is 0 Å². The van der Waals surface area contributed by atoms with Crippen LogP contribution in [0.3, 0.4) is 0 Å². The molecule has 1 amide bonds. The highest BCUT2D eigenvalue weighted by molar-refractivity contribution is 5.93. The van der Waals surface area contributed by atoms with Gasteiger partial charge < -0.3 is 20.1 Å². The van der Waals surface area contributed by atoms with Gasteiger partial charge in [-0.05, 0) is 24.3 Å². The van der Waals surface area contributed by atoms with E-state index in [1.54, 1.807) is 22.8 Å². The molecule has 22 heavy (non-hydrogen) atoms. The third kappa shape index (κ3) is 2.75. The summed E-state index contributed by atoms with van der Waals surface area (Å²) in [5.74, 6) is 1.04. The molecule has 0 spiro atoms. The van der Waals surface area contributed by atoms with Crippen molar-refractivity contribution in [3.63, 3.8) is 0 Å². The molecular weight excluding hydrogens is 284 g/mol. The molecule has 2 aromatic rings. The van der Waals surface area contributed by atoms with Crippen LogP contribution in [0, 0.1) is 0 Å². The van der Waals surface area contributed by atoms with Gasteiger partial charge in [0.25, 0.3) is 5.91 Å². The summed E-state index contributed by atoms with van der Waals surface area (Å²) < 4.78 is 11.9. The minimum atomic E-state index is -0.123. The fraction of sp³-hybridized carbons (Fsp3) is 0.333. The van der Waals surface area contributed by atoms with Crippen molar-refractivity contribution in [3.8, 4) is 11.4 Å². The first-order valence-electron chi connectivity index (χ1n) is 7.06. The summed E-state index contributed by atoms with van der Waals surface area (Å²) >= 11 is 0. The Morgan fingerprint density at radius 1 is 1.27 bits per heavy atom. The summed E-state index contributed by atoms with van der Waals surface area (Å²) in [6, 6.07) is 8.91. The van der Waals surface area contributed by atoms with Gasteiger partial charge in [-0.15, -0.1) is 0 Å². The highest BCUT2D eigenvalue weighted by Crippen LogP contribution is 2.19. The van der Waals surface area contributed by atoms with Crippen LogP contribution in [-0.4, -0.2) is 54.0 Å². The number of hydrogen-bond donors (Lipinski definition) is 1. The molecule has 1 aromatic heterocycles. The van der Waals surface area contributed by atoms with Gasteiger partial charge in [0.1, 0.15) is 11.6 Å². The fourth-order valence-electron chi connectivity index (χ4n) is 2.36. The Morgan fingerprint density at radius 3 is 2.59 bits per heavy atom.